The van der Waals surface area contributed by atoms with Crippen molar-refractivity contribution < 1.29 is 32.6 Å². The van der Waals surface area contributed by atoms with Crippen LogP contribution in [0.1, 0.15) is 25.0 Å². The van der Waals surface area contributed by atoms with Crippen molar-refractivity contribution in [3.63, 3.8) is 0 Å². The SMILES string of the molecule is COCCN(CCOC)C(=O)C(C)(C)S(=O)(=O)Cc1ccccc1/C=C/C(=O)O. The maximum atomic E-state index is 13.2. The Morgan fingerprint density at radius 1 is 1.10 bits per heavy atom. The van der Waals surface area contributed by atoms with E-state index in [1.54, 1.807) is 24.3 Å². The summed E-state index contributed by atoms with van der Waals surface area (Å²) in [6.07, 6.45) is 2.28. The van der Waals surface area contributed by atoms with Gasteiger partial charge in [0.05, 0.1) is 19.0 Å². The molecule has 1 aromatic rings. The van der Waals surface area contributed by atoms with Crippen LogP contribution in [0.2, 0.25) is 0 Å². The number of hydrogen-bond donors (Lipinski definition) is 1. The number of carboxylic acid groups (broad SMARTS) is 1. The first-order chi connectivity index (χ1) is 13.6. The number of nitrogens with zero attached hydrogens (tertiary/aromatic N) is 1. The van der Waals surface area contributed by atoms with Gasteiger partial charge in [0, 0.05) is 33.4 Å². The van der Waals surface area contributed by atoms with Crippen LogP contribution in [0.15, 0.2) is 30.3 Å². The predicted molar refractivity (Wildman–Crippen MR) is 110 cm³/mol. The first-order valence-electron chi connectivity index (χ1n) is 9.05. The van der Waals surface area contributed by atoms with Crippen LogP contribution in [0.3, 0.4) is 0 Å². The van der Waals surface area contributed by atoms with E-state index in [-0.39, 0.29) is 26.3 Å². The standard InChI is InChI=1S/C20H29NO7S/c1-20(2,19(24)21(11-13-27-3)12-14-28-4)29(25,26)15-17-8-6-5-7-16(17)9-10-18(22)23/h5-10H,11-15H2,1-4H3,(H,22,23)/b10-9+. The number of benzene rings is 1. The molecular weight excluding hydrogens is 398 g/mol. The maximum absolute atomic E-state index is 13.2. The van der Waals surface area contributed by atoms with Crippen molar-refractivity contribution >= 4 is 27.8 Å². The van der Waals surface area contributed by atoms with Crippen molar-refractivity contribution in [2.24, 2.45) is 0 Å². The lowest BCUT2D eigenvalue weighted by atomic mass is 10.1. The molecule has 0 aliphatic heterocycles. The fourth-order valence-corrected chi connectivity index (χ4v) is 4.03. The molecule has 0 unspecified atom stereocenters. The second-order valence-corrected chi connectivity index (χ2v) is 9.46. The van der Waals surface area contributed by atoms with Crippen LogP contribution < -0.4 is 0 Å². The fourth-order valence-electron chi connectivity index (χ4n) is 2.61. The Morgan fingerprint density at radius 2 is 1.66 bits per heavy atom. The summed E-state index contributed by atoms with van der Waals surface area (Å²) in [4.78, 5) is 25.3. The lowest BCUT2D eigenvalue weighted by Crippen LogP contribution is -2.52. The maximum Gasteiger partial charge on any atom is 0.328 e. The molecule has 0 radical (unpaired) electrons. The van der Waals surface area contributed by atoms with Gasteiger partial charge in [0.15, 0.2) is 9.84 Å². The van der Waals surface area contributed by atoms with Crippen molar-refractivity contribution in [3.05, 3.63) is 41.5 Å². The van der Waals surface area contributed by atoms with Crippen LogP contribution in [0.25, 0.3) is 6.08 Å². The zero-order chi connectivity index (χ0) is 22.1. The van der Waals surface area contributed by atoms with Crippen LogP contribution in [0, 0.1) is 0 Å². The Balaban J connectivity index is 3.16. The molecule has 0 heterocycles. The number of carbonyl (C=O) groups is 2. The zero-order valence-corrected chi connectivity index (χ0v) is 18.1. The highest BCUT2D eigenvalue weighted by Crippen LogP contribution is 2.26. The van der Waals surface area contributed by atoms with Gasteiger partial charge in [-0.1, -0.05) is 24.3 Å². The Hall–Kier alpha value is -2.23. The van der Waals surface area contributed by atoms with Gasteiger partial charge in [0.1, 0.15) is 4.75 Å². The van der Waals surface area contributed by atoms with E-state index in [0.29, 0.717) is 11.1 Å². The highest BCUT2D eigenvalue weighted by Gasteiger charge is 2.44. The summed E-state index contributed by atoms with van der Waals surface area (Å²) in [6, 6.07) is 6.59. The minimum absolute atomic E-state index is 0.246. The second kappa shape index (κ2) is 11.1. The molecule has 1 amide bonds. The van der Waals surface area contributed by atoms with E-state index in [2.05, 4.69) is 0 Å². The zero-order valence-electron chi connectivity index (χ0n) is 17.3. The quantitative estimate of drug-likeness (QED) is 0.505. The average Bonchev–Trinajstić information content (AvgIpc) is 2.66. The average molecular weight is 428 g/mol. The summed E-state index contributed by atoms with van der Waals surface area (Å²) in [5.74, 6) is -2.07. The van der Waals surface area contributed by atoms with Gasteiger partial charge in [0.2, 0.25) is 5.91 Å². The molecule has 8 nitrogen and oxygen atoms in total. The van der Waals surface area contributed by atoms with E-state index >= 15 is 0 Å². The summed E-state index contributed by atoms with van der Waals surface area (Å²) in [6.45, 7) is 3.80. The Morgan fingerprint density at radius 3 is 2.17 bits per heavy atom. The third kappa shape index (κ3) is 6.95. The molecule has 1 N–H and O–H groups in total. The number of aliphatic carboxylic acids is 1. The third-order valence-corrected chi connectivity index (χ3v) is 6.94. The number of amides is 1. The molecule has 0 fully saturated rings. The van der Waals surface area contributed by atoms with Crippen molar-refractivity contribution in [1.82, 2.24) is 4.90 Å². The first kappa shape index (κ1) is 24.8. The molecule has 162 valence electrons. The summed E-state index contributed by atoms with van der Waals surface area (Å²) in [5.41, 5.74) is 0.892. The lowest BCUT2D eigenvalue weighted by Gasteiger charge is -2.31. The molecular formula is C20H29NO7S. The van der Waals surface area contributed by atoms with Crippen molar-refractivity contribution in [3.8, 4) is 0 Å². The molecule has 0 aromatic heterocycles. The number of ether oxygens (including phenoxy) is 2. The molecule has 0 spiro atoms. The molecule has 1 rings (SSSR count). The minimum Gasteiger partial charge on any atom is -0.478 e. The number of rotatable bonds is 12. The van der Waals surface area contributed by atoms with E-state index in [1.807, 2.05) is 0 Å². The topological polar surface area (TPSA) is 110 Å². The largest absolute Gasteiger partial charge is 0.478 e. The molecule has 0 bridgehead atoms. The summed E-state index contributed by atoms with van der Waals surface area (Å²) in [7, 11) is -0.918. The molecule has 0 aliphatic rings. The molecule has 29 heavy (non-hydrogen) atoms. The van der Waals surface area contributed by atoms with Crippen molar-refractivity contribution in [2.45, 2.75) is 24.3 Å². The van der Waals surface area contributed by atoms with Crippen molar-refractivity contribution in [1.29, 1.82) is 0 Å². The molecule has 0 saturated heterocycles. The van der Waals surface area contributed by atoms with E-state index in [9.17, 15) is 18.0 Å². The highest BCUT2D eigenvalue weighted by molar-refractivity contribution is 7.92. The smallest absolute Gasteiger partial charge is 0.328 e. The van der Waals surface area contributed by atoms with Gasteiger partial charge in [-0.3, -0.25) is 4.79 Å². The predicted octanol–water partition coefficient (Wildman–Crippen LogP) is 1.60. The molecule has 1 aromatic carbocycles. The molecule has 0 saturated carbocycles. The second-order valence-electron chi connectivity index (χ2n) is 6.92. The van der Waals surface area contributed by atoms with E-state index < -0.39 is 32.2 Å². The van der Waals surface area contributed by atoms with Gasteiger partial charge >= 0.3 is 5.97 Å². The van der Waals surface area contributed by atoms with Gasteiger partial charge in [-0.15, -0.1) is 0 Å². The third-order valence-electron chi connectivity index (χ3n) is 4.52. The van der Waals surface area contributed by atoms with Crippen LogP contribution in [-0.4, -0.2) is 75.6 Å². The fraction of sp³-hybridized carbons (Fsp3) is 0.500. The Kier molecular flexibility index (Phi) is 9.48. The highest BCUT2D eigenvalue weighted by atomic mass is 32.2. The van der Waals surface area contributed by atoms with Crippen LogP contribution in [0.5, 0.6) is 0 Å². The van der Waals surface area contributed by atoms with Crippen LogP contribution in [-0.2, 0) is 34.7 Å². The Labute approximate surface area is 172 Å². The number of hydrogen-bond acceptors (Lipinski definition) is 6. The first-order valence-corrected chi connectivity index (χ1v) is 10.7. The minimum atomic E-state index is -3.92. The molecule has 0 atom stereocenters. The van der Waals surface area contributed by atoms with Crippen LogP contribution in [0.4, 0.5) is 0 Å². The number of carboxylic acids is 1. The van der Waals surface area contributed by atoms with E-state index in [4.69, 9.17) is 14.6 Å². The van der Waals surface area contributed by atoms with Gasteiger partial charge in [-0.05, 0) is 31.1 Å². The van der Waals surface area contributed by atoms with E-state index in [1.165, 1.54) is 39.0 Å². The summed E-state index contributed by atoms with van der Waals surface area (Å²) in [5, 5.41) is 8.83. The number of sulfone groups is 1. The van der Waals surface area contributed by atoms with E-state index in [0.717, 1.165) is 6.08 Å². The normalized spacial score (nSPS) is 12.3. The van der Waals surface area contributed by atoms with Crippen molar-refractivity contribution in [2.75, 3.05) is 40.5 Å². The van der Waals surface area contributed by atoms with Gasteiger partial charge in [-0.25, -0.2) is 13.2 Å². The summed E-state index contributed by atoms with van der Waals surface area (Å²) >= 11 is 0. The van der Waals surface area contributed by atoms with Gasteiger partial charge in [-0.2, -0.15) is 0 Å². The Bertz CT molecular complexity index is 823. The lowest BCUT2D eigenvalue weighted by molar-refractivity contribution is -0.134. The summed E-state index contributed by atoms with van der Waals surface area (Å²) < 4.78 is 34.7. The number of methoxy groups -OCH3 is 2. The number of carbonyl (C=O) groups excluding carboxylic acids is 1. The van der Waals surface area contributed by atoms with Gasteiger partial charge < -0.3 is 19.5 Å². The van der Waals surface area contributed by atoms with Crippen LogP contribution >= 0.6 is 0 Å². The van der Waals surface area contributed by atoms with Gasteiger partial charge in [0.25, 0.3) is 0 Å². The monoisotopic (exact) mass is 427 g/mol. The molecule has 9 heteroatoms. The molecule has 0 aliphatic carbocycles.